The summed E-state index contributed by atoms with van der Waals surface area (Å²) in [4.78, 5) is 15.7. The number of halogens is 1. The van der Waals surface area contributed by atoms with Crippen molar-refractivity contribution in [1.29, 1.82) is 0 Å². The molecule has 1 aromatic carbocycles. The number of fused-ring (bicyclic) bond motifs is 1. The third-order valence-corrected chi connectivity index (χ3v) is 3.23. The molecule has 2 rings (SSSR count). The first kappa shape index (κ1) is 13.8. The summed E-state index contributed by atoms with van der Waals surface area (Å²) in [7, 11) is 0. The Hall–Kier alpha value is -1.65. The van der Waals surface area contributed by atoms with Gasteiger partial charge in [-0.3, -0.25) is 9.78 Å². The van der Waals surface area contributed by atoms with Gasteiger partial charge in [-0.05, 0) is 31.2 Å². The molecular formula is C14H15ClN2O2. The van der Waals surface area contributed by atoms with Gasteiger partial charge in [0.2, 0.25) is 0 Å². The largest absolute Gasteiger partial charge is 0.480 e. The zero-order chi connectivity index (χ0) is 13.8. The predicted octanol–water partition coefficient (Wildman–Crippen LogP) is 3.01. The monoisotopic (exact) mass is 278 g/mol. The number of hydrogen-bond donors (Lipinski definition) is 2. The van der Waals surface area contributed by atoms with Gasteiger partial charge in [0.05, 0.1) is 5.52 Å². The highest BCUT2D eigenvalue weighted by molar-refractivity contribution is 6.35. The van der Waals surface area contributed by atoms with E-state index in [9.17, 15) is 9.90 Å². The van der Waals surface area contributed by atoms with Gasteiger partial charge < -0.3 is 10.4 Å². The number of aliphatic carboxylic acids is 1. The Kier molecular flexibility index (Phi) is 4.35. The number of hydrogen-bond acceptors (Lipinski definition) is 3. The van der Waals surface area contributed by atoms with Gasteiger partial charge in [0.25, 0.3) is 0 Å². The third-order valence-electron chi connectivity index (χ3n) is 2.90. The molecule has 0 aliphatic heterocycles. The normalized spacial score (nSPS) is 12.5. The molecule has 0 radical (unpaired) electrons. The standard InChI is InChI=1S/C14H15ClN2O2/c1-2-7-16-13(14(18)19)10-5-6-11(15)9-4-3-8-17-12(9)10/h3-6,8,13,16H,2,7H2,1H3,(H,18,19). The molecule has 1 heterocycles. The summed E-state index contributed by atoms with van der Waals surface area (Å²) in [5.41, 5.74) is 1.27. The van der Waals surface area contributed by atoms with Gasteiger partial charge in [-0.25, -0.2) is 0 Å². The Bertz CT molecular complexity index is 601. The molecule has 0 bridgehead atoms. The summed E-state index contributed by atoms with van der Waals surface area (Å²) in [5, 5.41) is 13.7. The number of pyridine rings is 1. The number of benzene rings is 1. The Morgan fingerprint density at radius 3 is 2.95 bits per heavy atom. The number of carboxylic acid groups (broad SMARTS) is 1. The second-order valence-corrected chi connectivity index (χ2v) is 4.67. The molecule has 1 aromatic heterocycles. The molecule has 0 saturated heterocycles. The first-order valence-electron chi connectivity index (χ1n) is 6.14. The van der Waals surface area contributed by atoms with E-state index in [1.807, 2.05) is 13.0 Å². The van der Waals surface area contributed by atoms with Crippen molar-refractivity contribution in [2.75, 3.05) is 6.54 Å². The molecule has 1 unspecified atom stereocenters. The lowest BCUT2D eigenvalue weighted by molar-refractivity contribution is -0.139. The van der Waals surface area contributed by atoms with E-state index >= 15 is 0 Å². The van der Waals surface area contributed by atoms with E-state index in [2.05, 4.69) is 10.3 Å². The number of nitrogens with zero attached hydrogens (tertiary/aromatic N) is 1. The lowest BCUT2D eigenvalue weighted by atomic mass is 10.0. The minimum Gasteiger partial charge on any atom is -0.480 e. The van der Waals surface area contributed by atoms with E-state index in [-0.39, 0.29) is 0 Å². The Morgan fingerprint density at radius 2 is 2.26 bits per heavy atom. The fourth-order valence-electron chi connectivity index (χ4n) is 2.01. The van der Waals surface area contributed by atoms with Gasteiger partial charge in [0.1, 0.15) is 6.04 Å². The fraction of sp³-hybridized carbons (Fsp3) is 0.286. The van der Waals surface area contributed by atoms with Crippen LogP contribution in [0.3, 0.4) is 0 Å². The van der Waals surface area contributed by atoms with Crippen molar-refractivity contribution in [3.05, 3.63) is 41.0 Å². The van der Waals surface area contributed by atoms with Crippen molar-refractivity contribution < 1.29 is 9.90 Å². The van der Waals surface area contributed by atoms with Crippen molar-refractivity contribution in [3.63, 3.8) is 0 Å². The van der Waals surface area contributed by atoms with Crippen LogP contribution in [-0.2, 0) is 4.79 Å². The van der Waals surface area contributed by atoms with Crippen LogP contribution in [0.15, 0.2) is 30.5 Å². The van der Waals surface area contributed by atoms with Gasteiger partial charge >= 0.3 is 5.97 Å². The predicted molar refractivity (Wildman–Crippen MR) is 75.4 cm³/mol. The third kappa shape index (κ3) is 2.85. The second kappa shape index (κ2) is 5.99. The highest BCUT2D eigenvalue weighted by atomic mass is 35.5. The van der Waals surface area contributed by atoms with Gasteiger partial charge in [0, 0.05) is 22.2 Å². The van der Waals surface area contributed by atoms with Crippen LogP contribution in [0.25, 0.3) is 10.9 Å². The summed E-state index contributed by atoms with van der Waals surface area (Å²) in [6.07, 6.45) is 2.50. The number of rotatable bonds is 5. The summed E-state index contributed by atoms with van der Waals surface area (Å²) in [5.74, 6) is -0.914. The average Bonchev–Trinajstić information content (AvgIpc) is 2.41. The highest BCUT2D eigenvalue weighted by Crippen LogP contribution is 2.28. The number of carboxylic acids is 1. The molecule has 1 atom stereocenters. The second-order valence-electron chi connectivity index (χ2n) is 4.26. The number of nitrogens with one attached hydrogen (secondary N) is 1. The Labute approximate surface area is 116 Å². The van der Waals surface area contributed by atoms with Crippen LogP contribution in [0.4, 0.5) is 0 Å². The van der Waals surface area contributed by atoms with Crippen molar-refractivity contribution in [1.82, 2.24) is 10.3 Å². The Morgan fingerprint density at radius 1 is 1.47 bits per heavy atom. The molecule has 2 N–H and O–H groups in total. The van der Waals surface area contributed by atoms with E-state index in [4.69, 9.17) is 11.6 Å². The van der Waals surface area contributed by atoms with Crippen LogP contribution < -0.4 is 5.32 Å². The summed E-state index contributed by atoms with van der Waals surface area (Å²) < 4.78 is 0. The van der Waals surface area contributed by atoms with Crippen LogP contribution in [0.1, 0.15) is 24.9 Å². The first-order valence-corrected chi connectivity index (χ1v) is 6.52. The summed E-state index contributed by atoms with van der Waals surface area (Å²) >= 11 is 6.11. The molecule has 4 nitrogen and oxygen atoms in total. The summed E-state index contributed by atoms with van der Waals surface area (Å²) in [6.45, 7) is 2.62. The van der Waals surface area contributed by atoms with Crippen molar-refractivity contribution in [2.24, 2.45) is 0 Å². The van der Waals surface area contributed by atoms with Crippen LogP contribution in [-0.4, -0.2) is 22.6 Å². The minimum atomic E-state index is -0.914. The zero-order valence-electron chi connectivity index (χ0n) is 10.6. The SMILES string of the molecule is CCCNC(C(=O)O)c1ccc(Cl)c2cccnc12. The lowest BCUT2D eigenvalue weighted by Crippen LogP contribution is -2.29. The maximum atomic E-state index is 11.4. The molecular weight excluding hydrogens is 264 g/mol. The molecule has 0 saturated carbocycles. The van der Waals surface area contributed by atoms with Gasteiger partial charge in [-0.2, -0.15) is 0 Å². The summed E-state index contributed by atoms with van der Waals surface area (Å²) in [6, 6.07) is 6.29. The lowest BCUT2D eigenvalue weighted by Gasteiger charge is -2.16. The van der Waals surface area contributed by atoms with Crippen molar-refractivity contribution >= 4 is 28.5 Å². The van der Waals surface area contributed by atoms with E-state index in [0.717, 1.165) is 11.8 Å². The first-order chi connectivity index (χ1) is 9.15. The smallest absolute Gasteiger partial charge is 0.325 e. The van der Waals surface area contributed by atoms with Gasteiger partial charge in [-0.1, -0.05) is 24.6 Å². The van der Waals surface area contributed by atoms with Crippen LogP contribution in [0.5, 0.6) is 0 Å². The molecule has 2 aromatic rings. The molecule has 0 aliphatic carbocycles. The van der Waals surface area contributed by atoms with Gasteiger partial charge in [0.15, 0.2) is 0 Å². The fourth-order valence-corrected chi connectivity index (χ4v) is 2.23. The van der Waals surface area contributed by atoms with Crippen LogP contribution >= 0.6 is 11.6 Å². The quantitative estimate of drug-likeness (QED) is 0.882. The van der Waals surface area contributed by atoms with E-state index in [0.29, 0.717) is 22.6 Å². The van der Waals surface area contributed by atoms with E-state index in [1.54, 1.807) is 24.4 Å². The highest BCUT2D eigenvalue weighted by Gasteiger charge is 2.22. The maximum Gasteiger partial charge on any atom is 0.325 e. The number of aromatic nitrogens is 1. The van der Waals surface area contributed by atoms with Crippen LogP contribution in [0.2, 0.25) is 5.02 Å². The molecule has 0 amide bonds. The molecule has 100 valence electrons. The molecule has 5 heteroatoms. The zero-order valence-corrected chi connectivity index (χ0v) is 11.3. The molecule has 19 heavy (non-hydrogen) atoms. The molecule has 0 fully saturated rings. The van der Waals surface area contributed by atoms with E-state index < -0.39 is 12.0 Å². The van der Waals surface area contributed by atoms with Crippen molar-refractivity contribution in [2.45, 2.75) is 19.4 Å². The minimum absolute atomic E-state index is 0.575. The van der Waals surface area contributed by atoms with Gasteiger partial charge in [-0.15, -0.1) is 0 Å². The maximum absolute atomic E-state index is 11.4. The molecule has 0 aliphatic rings. The van der Waals surface area contributed by atoms with Crippen molar-refractivity contribution in [3.8, 4) is 0 Å². The molecule has 0 spiro atoms. The van der Waals surface area contributed by atoms with Crippen LogP contribution in [0, 0.1) is 0 Å². The number of carbonyl (C=O) groups is 1. The topological polar surface area (TPSA) is 62.2 Å². The average molecular weight is 279 g/mol. The Balaban J connectivity index is 2.53. The van der Waals surface area contributed by atoms with E-state index in [1.165, 1.54) is 0 Å².